The van der Waals surface area contributed by atoms with Gasteiger partial charge in [0.05, 0.1) is 32.1 Å². The Morgan fingerprint density at radius 2 is 2.28 bits per heavy atom. The lowest BCUT2D eigenvalue weighted by molar-refractivity contribution is -0.135. The lowest BCUT2D eigenvalue weighted by Gasteiger charge is -2.31. The number of rotatable bonds is 4. The summed E-state index contributed by atoms with van der Waals surface area (Å²) in [6.07, 6.45) is 2.97. The molecule has 7 heteroatoms. The van der Waals surface area contributed by atoms with Crippen LogP contribution in [0.5, 0.6) is 0 Å². The van der Waals surface area contributed by atoms with Crippen molar-refractivity contribution in [3.8, 4) is 0 Å². The van der Waals surface area contributed by atoms with Crippen molar-refractivity contribution in [1.29, 1.82) is 0 Å². The number of amides is 1. The highest BCUT2D eigenvalue weighted by Gasteiger charge is 2.45. The van der Waals surface area contributed by atoms with Gasteiger partial charge in [-0.2, -0.15) is 5.10 Å². The van der Waals surface area contributed by atoms with E-state index < -0.39 is 0 Å². The lowest BCUT2D eigenvalue weighted by atomic mass is 9.94. The molecule has 0 radical (unpaired) electrons. The van der Waals surface area contributed by atoms with Gasteiger partial charge in [0.1, 0.15) is 11.4 Å². The predicted molar refractivity (Wildman–Crippen MR) is 92.2 cm³/mol. The van der Waals surface area contributed by atoms with Crippen molar-refractivity contribution in [3.05, 3.63) is 17.8 Å². The number of nitrogens with one attached hydrogen (secondary N) is 1. The van der Waals surface area contributed by atoms with Crippen LogP contribution in [0.3, 0.4) is 0 Å². The topological polar surface area (TPSA) is 76.6 Å². The Morgan fingerprint density at radius 1 is 1.40 bits per heavy atom. The van der Waals surface area contributed by atoms with Gasteiger partial charge in [-0.3, -0.25) is 4.79 Å². The van der Waals surface area contributed by atoms with Gasteiger partial charge in [0.2, 0.25) is 5.91 Å². The summed E-state index contributed by atoms with van der Waals surface area (Å²) in [5.41, 5.74) is 0.552. The quantitative estimate of drug-likeness (QED) is 0.884. The maximum atomic E-state index is 12.5. The molecule has 1 saturated carbocycles. The first kappa shape index (κ1) is 16.7. The highest BCUT2D eigenvalue weighted by atomic mass is 16.5. The molecule has 1 amide bonds. The molecule has 25 heavy (non-hydrogen) atoms. The molecular formula is C18H26N4O3. The Hall–Kier alpha value is -1.73. The molecule has 1 aliphatic carbocycles. The summed E-state index contributed by atoms with van der Waals surface area (Å²) in [6, 6.07) is 3.89. The summed E-state index contributed by atoms with van der Waals surface area (Å²) in [6.45, 7) is 5.91. The summed E-state index contributed by atoms with van der Waals surface area (Å²) >= 11 is 0. The van der Waals surface area contributed by atoms with Gasteiger partial charge in [-0.05, 0) is 38.3 Å². The average molecular weight is 346 g/mol. The molecule has 0 bridgehead atoms. The van der Waals surface area contributed by atoms with Crippen molar-refractivity contribution in [2.45, 2.75) is 31.8 Å². The van der Waals surface area contributed by atoms with E-state index in [2.05, 4.69) is 15.5 Å². The fourth-order valence-electron chi connectivity index (χ4n) is 3.70. The first-order valence-corrected chi connectivity index (χ1v) is 9.18. The van der Waals surface area contributed by atoms with E-state index in [9.17, 15) is 4.79 Å². The van der Waals surface area contributed by atoms with Gasteiger partial charge in [-0.15, -0.1) is 5.10 Å². The van der Waals surface area contributed by atoms with Crippen LogP contribution in [-0.4, -0.2) is 66.1 Å². The maximum absolute atomic E-state index is 12.5. The molecule has 1 N–H and O–H groups in total. The zero-order valence-electron chi connectivity index (χ0n) is 14.7. The molecule has 0 unspecified atom stereocenters. The highest BCUT2D eigenvalue weighted by molar-refractivity contribution is 5.81. The van der Waals surface area contributed by atoms with Crippen LogP contribution in [0.4, 0.5) is 5.82 Å². The third-order valence-electron chi connectivity index (χ3n) is 5.24. The second kappa shape index (κ2) is 6.88. The fraction of sp³-hybridized carbons (Fsp3) is 0.722. The van der Waals surface area contributed by atoms with E-state index >= 15 is 0 Å². The molecule has 0 aromatic carbocycles. The van der Waals surface area contributed by atoms with Crippen LogP contribution in [0.25, 0.3) is 0 Å². The third-order valence-corrected chi connectivity index (χ3v) is 5.24. The molecule has 2 saturated heterocycles. The van der Waals surface area contributed by atoms with Crippen LogP contribution in [-0.2, 0) is 14.3 Å². The number of anilines is 1. The molecule has 2 aliphatic heterocycles. The smallest absolute Gasteiger partial charge is 0.225 e. The third kappa shape index (κ3) is 3.93. The Labute approximate surface area is 148 Å². The number of aryl methyl sites for hydroxylation is 1. The fourth-order valence-corrected chi connectivity index (χ4v) is 3.70. The number of ether oxygens (including phenoxy) is 2. The van der Waals surface area contributed by atoms with E-state index in [1.54, 1.807) is 0 Å². The SMILES string of the molecule is Cc1ccc(NC[C@H]2CO[C@@]3(COCCN(C(=O)C4CC4)C3)C2)nn1. The number of hydrogen-bond donors (Lipinski definition) is 1. The van der Waals surface area contributed by atoms with E-state index in [1.165, 1.54) is 0 Å². The molecule has 1 spiro atoms. The van der Waals surface area contributed by atoms with E-state index in [1.807, 2.05) is 24.0 Å². The first-order chi connectivity index (χ1) is 12.1. The molecule has 7 nitrogen and oxygen atoms in total. The van der Waals surface area contributed by atoms with Crippen molar-refractivity contribution in [2.24, 2.45) is 11.8 Å². The highest BCUT2D eigenvalue weighted by Crippen LogP contribution is 2.36. The van der Waals surface area contributed by atoms with Gasteiger partial charge in [-0.1, -0.05) is 0 Å². The predicted octanol–water partition coefficient (Wildman–Crippen LogP) is 1.24. The van der Waals surface area contributed by atoms with E-state index in [0.717, 1.165) is 37.3 Å². The van der Waals surface area contributed by atoms with Crippen molar-refractivity contribution in [2.75, 3.05) is 44.8 Å². The summed E-state index contributed by atoms with van der Waals surface area (Å²) < 4.78 is 11.9. The van der Waals surface area contributed by atoms with Crippen molar-refractivity contribution >= 4 is 11.7 Å². The summed E-state index contributed by atoms with van der Waals surface area (Å²) in [7, 11) is 0. The molecule has 1 aromatic heterocycles. The van der Waals surface area contributed by atoms with Crippen molar-refractivity contribution in [1.82, 2.24) is 15.1 Å². The Kier molecular flexibility index (Phi) is 4.60. The molecule has 1 aromatic rings. The Balaban J connectivity index is 1.34. The summed E-state index contributed by atoms with van der Waals surface area (Å²) in [5.74, 6) is 1.69. The lowest BCUT2D eigenvalue weighted by Crippen LogP contribution is -2.46. The normalized spacial score (nSPS) is 29.6. The van der Waals surface area contributed by atoms with Crippen LogP contribution < -0.4 is 5.32 Å². The minimum Gasteiger partial charge on any atom is -0.377 e. The van der Waals surface area contributed by atoms with Crippen LogP contribution >= 0.6 is 0 Å². The zero-order valence-corrected chi connectivity index (χ0v) is 14.7. The van der Waals surface area contributed by atoms with E-state index in [4.69, 9.17) is 9.47 Å². The van der Waals surface area contributed by atoms with Gasteiger partial charge < -0.3 is 19.7 Å². The molecule has 3 aliphatic rings. The molecule has 2 atom stereocenters. The van der Waals surface area contributed by atoms with Gasteiger partial charge in [0.25, 0.3) is 0 Å². The summed E-state index contributed by atoms with van der Waals surface area (Å²) in [4.78, 5) is 14.4. The van der Waals surface area contributed by atoms with Crippen molar-refractivity contribution < 1.29 is 14.3 Å². The average Bonchev–Trinajstić information content (AvgIpc) is 3.41. The number of hydrogen-bond acceptors (Lipinski definition) is 6. The molecular weight excluding hydrogens is 320 g/mol. The van der Waals surface area contributed by atoms with Crippen LogP contribution in [0.15, 0.2) is 12.1 Å². The number of aromatic nitrogens is 2. The van der Waals surface area contributed by atoms with Gasteiger partial charge >= 0.3 is 0 Å². The molecule has 3 heterocycles. The molecule has 4 rings (SSSR count). The summed E-state index contributed by atoms with van der Waals surface area (Å²) in [5, 5.41) is 11.5. The van der Waals surface area contributed by atoms with Crippen LogP contribution in [0.2, 0.25) is 0 Å². The van der Waals surface area contributed by atoms with Gasteiger partial charge in [0, 0.05) is 24.9 Å². The standard InChI is InChI=1S/C18H26N4O3/c1-13-2-5-16(21-20-13)19-9-14-8-18(25-10-14)11-22(6-7-24-12-18)17(23)15-3-4-15/h2,5,14-15H,3-4,6-12H2,1H3,(H,19,21)/t14-,18-/m0/s1. The van der Waals surface area contributed by atoms with Gasteiger partial charge in [-0.25, -0.2) is 0 Å². The first-order valence-electron chi connectivity index (χ1n) is 9.18. The molecule has 3 fully saturated rings. The second-order valence-corrected chi connectivity index (χ2v) is 7.59. The second-order valence-electron chi connectivity index (χ2n) is 7.59. The molecule has 136 valence electrons. The Bertz CT molecular complexity index is 619. The largest absolute Gasteiger partial charge is 0.377 e. The van der Waals surface area contributed by atoms with E-state index in [0.29, 0.717) is 38.8 Å². The Morgan fingerprint density at radius 3 is 3.04 bits per heavy atom. The minimum absolute atomic E-state index is 0.245. The minimum atomic E-state index is -0.355. The van der Waals surface area contributed by atoms with Crippen molar-refractivity contribution in [3.63, 3.8) is 0 Å². The number of nitrogens with zero attached hydrogens (tertiary/aromatic N) is 3. The monoisotopic (exact) mass is 346 g/mol. The van der Waals surface area contributed by atoms with Crippen LogP contribution in [0.1, 0.15) is 25.0 Å². The zero-order chi connectivity index (χ0) is 17.3. The number of carbonyl (C=O) groups excluding carboxylic acids is 1. The van der Waals surface area contributed by atoms with Gasteiger partial charge in [0.15, 0.2) is 0 Å². The maximum Gasteiger partial charge on any atom is 0.225 e. The number of carbonyl (C=O) groups is 1. The van der Waals surface area contributed by atoms with E-state index in [-0.39, 0.29) is 17.4 Å². The van der Waals surface area contributed by atoms with Crippen LogP contribution in [0, 0.1) is 18.8 Å².